The largest absolute Gasteiger partial charge is 0.207 e. The van der Waals surface area contributed by atoms with E-state index in [-0.39, 0.29) is 11.6 Å². The van der Waals surface area contributed by atoms with Gasteiger partial charge in [0.05, 0.1) is 0 Å². The van der Waals surface area contributed by atoms with E-state index in [9.17, 15) is 8.78 Å². The summed E-state index contributed by atoms with van der Waals surface area (Å²) in [5.41, 5.74) is 1.58. The molecule has 2 unspecified atom stereocenters. The van der Waals surface area contributed by atoms with Crippen LogP contribution in [0.5, 0.6) is 0 Å². The first-order chi connectivity index (χ1) is 8.11. The Hall–Kier alpha value is -0.840. The van der Waals surface area contributed by atoms with Crippen LogP contribution in [0.15, 0.2) is 36.4 Å². The lowest BCUT2D eigenvalue weighted by molar-refractivity contribution is 0.617. The summed E-state index contributed by atoms with van der Waals surface area (Å²) in [6.07, 6.45) is 0. The van der Waals surface area contributed by atoms with Crippen LogP contribution >= 0.6 is 17.2 Å². The molecule has 0 radical (unpaired) electrons. The van der Waals surface area contributed by atoms with Crippen LogP contribution in [0.2, 0.25) is 0 Å². The molecule has 4 heteroatoms. The van der Waals surface area contributed by atoms with E-state index in [0.717, 1.165) is 5.30 Å². The molecule has 0 aliphatic rings. The molecule has 0 amide bonds. The maximum atomic E-state index is 13.8. The zero-order valence-corrected chi connectivity index (χ0v) is 11.5. The van der Waals surface area contributed by atoms with E-state index in [1.54, 1.807) is 25.1 Å². The van der Waals surface area contributed by atoms with E-state index >= 15 is 0 Å². The zero-order chi connectivity index (χ0) is 12.4. The van der Waals surface area contributed by atoms with E-state index in [4.69, 9.17) is 0 Å². The molecule has 2 aromatic carbocycles. The molecule has 0 N–H and O–H groups in total. The van der Waals surface area contributed by atoms with Crippen LogP contribution in [0.4, 0.5) is 8.78 Å². The second kappa shape index (κ2) is 5.21. The summed E-state index contributed by atoms with van der Waals surface area (Å²) in [7, 11) is 3.05. The highest BCUT2D eigenvalue weighted by Crippen LogP contribution is 2.27. The Morgan fingerprint density at radius 3 is 2.35 bits per heavy atom. The Bertz CT molecular complexity index is 553. The number of benzene rings is 2. The number of hydrogen-bond donors (Lipinski definition) is 0. The summed E-state index contributed by atoms with van der Waals surface area (Å²) in [5, 5.41) is 0.934. The lowest BCUT2D eigenvalue weighted by Crippen LogP contribution is -1.95. The van der Waals surface area contributed by atoms with Gasteiger partial charge in [-0.2, -0.15) is 0 Å². The summed E-state index contributed by atoms with van der Waals surface area (Å²) >= 11 is 0. The van der Waals surface area contributed by atoms with Gasteiger partial charge in [0.15, 0.2) is 0 Å². The zero-order valence-electron chi connectivity index (χ0n) is 9.30. The summed E-state index contributed by atoms with van der Waals surface area (Å²) in [6, 6.07) is 9.83. The third-order valence-corrected chi connectivity index (χ3v) is 4.26. The van der Waals surface area contributed by atoms with Gasteiger partial charge < -0.3 is 0 Å². The molecule has 0 bridgehead atoms. The highest BCUT2D eigenvalue weighted by atomic mass is 32.0. The third-order valence-electron chi connectivity index (χ3n) is 2.62. The predicted octanol–water partition coefficient (Wildman–Crippen LogP) is 4.03. The molecule has 0 saturated heterocycles. The van der Waals surface area contributed by atoms with Crippen molar-refractivity contribution in [1.29, 1.82) is 0 Å². The predicted molar refractivity (Wildman–Crippen MR) is 74.2 cm³/mol. The normalized spacial score (nSPS) is 11.3. The molecule has 0 fully saturated rings. The molecule has 0 heterocycles. The average molecular weight is 268 g/mol. The molecule has 2 rings (SSSR count). The van der Waals surface area contributed by atoms with Gasteiger partial charge in [-0.25, -0.2) is 8.78 Å². The Kier molecular flexibility index (Phi) is 3.86. The lowest BCUT2D eigenvalue weighted by atomic mass is 10.0. The van der Waals surface area contributed by atoms with Crippen LogP contribution in [-0.2, 0) is 0 Å². The number of rotatable bonds is 2. The van der Waals surface area contributed by atoms with Crippen LogP contribution in [-0.4, -0.2) is 0 Å². The minimum atomic E-state index is -0.307. The molecule has 0 spiro atoms. The van der Waals surface area contributed by atoms with Crippen LogP contribution < -0.4 is 5.30 Å². The van der Waals surface area contributed by atoms with Gasteiger partial charge in [0.2, 0.25) is 0 Å². The minimum Gasteiger partial charge on any atom is -0.207 e. The SMILES string of the molecule is Cc1ccc(-c2ccc(PP)cc2F)cc1F. The summed E-state index contributed by atoms with van der Waals surface area (Å²) in [6.45, 7) is 1.69. The first kappa shape index (κ1) is 12.6. The highest BCUT2D eigenvalue weighted by molar-refractivity contribution is 8.06. The topological polar surface area (TPSA) is 0 Å². The van der Waals surface area contributed by atoms with Crippen molar-refractivity contribution >= 4 is 22.5 Å². The van der Waals surface area contributed by atoms with E-state index < -0.39 is 0 Å². The standard InChI is InChI=1S/C13H12F2P2/c1-8-2-3-9(6-12(8)14)11-5-4-10(17-16)7-13(11)15/h2-7,17H,16H2,1H3. The Morgan fingerprint density at radius 1 is 1.00 bits per heavy atom. The summed E-state index contributed by atoms with van der Waals surface area (Å²) < 4.78 is 27.2. The second-order valence-electron chi connectivity index (χ2n) is 3.80. The first-order valence-electron chi connectivity index (χ1n) is 5.14. The Balaban J connectivity index is 2.49. The van der Waals surface area contributed by atoms with Crippen LogP contribution in [0.25, 0.3) is 11.1 Å². The van der Waals surface area contributed by atoms with Crippen LogP contribution in [0.3, 0.4) is 0 Å². The van der Waals surface area contributed by atoms with Crippen molar-refractivity contribution < 1.29 is 8.78 Å². The molecular weight excluding hydrogens is 256 g/mol. The fourth-order valence-corrected chi connectivity index (χ4v) is 2.53. The van der Waals surface area contributed by atoms with Gasteiger partial charge >= 0.3 is 0 Å². The Labute approximate surface area is 103 Å². The van der Waals surface area contributed by atoms with E-state index in [1.165, 1.54) is 12.1 Å². The van der Waals surface area contributed by atoms with E-state index in [1.807, 2.05) is 6.07 Å². The fourth-order valence-electron chi connectivity index (χ4n) is 1.60. The van der Waals surface area contributed by atoms with Gasteiger partial charge in [0, 0.05) is 5.56 Å². The first-order valence-corrected chi connectivity index (χ1v) is 7.95. The minimum absolute atomic E-state index is 0.305. The second-order valence-corrected chi connectivity index (χ2v) is 5.53. The monoisotopic (exact) mass is 268 g/mol. The number of halogens is 2. The van der Waals surface area contributed by atoms with Crippen molar-refractivity contribution in [2.45, 2.75) is 6.92 Å². The van der Waals surface area contributed by atoms with Crippen molar-refractivity contribution in [3.8, 4) is 11.1 Å². The Morgan fingerprint density at radius 2 is 1.76 bits per heavy atom. The van der Waals surface area contributed by atoms with Gasteiger partial charge in [-0.3, -0.25) is 0 Å². The van der Waals surface area contributed by atoms with Crippen molar-refractivity contribution in [3.05, 3.63) is 53.6 Å². The quantitative estimate of drug-likeness (QED) is 0.721. The molecule has 0 saturated carbocycles. The van der Waals surface area contributed by atoms with Gasteiger partial charge in [-0.05, 0) is 35.5 Å². The molecule has 0 aromatic heterocycles. The molecular formula is C13H12F2P2. The van der Waals surface area contributed by atoms with Crippen molar-refractivity contribution in [3.63, 3.8) is 0 Å². The molecule has 88 valence electrons. The third kappa shape index (κ3) is 2.70. The average Bonchev–Trinajstić information content (AvgIpc) is 2.32. The lowest BCUT2D eigenvalue weighted by Gasteiger charge is -2.06. The van der Waals surface area contributed by atoms with Crippen molar-refractivity contribution in [2.75, 3.05) is 0 Å². The maximum Gasteiger partial charge on any atom is 0.131 e. The molecule has 0 aliphatic carbocycles. The molecule has 17 heavy (non-hydrogen) atoms. The number of hydrogen-bond acceptors (Lipinski definition) is 0. The molecule has 0 nitrogen and oxygen atoms in total. The molecule has 0 aliphatic heterocycles. The van der Waals surface area contributed by atoms with E-state index in [0.29, 0.717) is 25.0 Å². The van der Waals surface area contributed by atoms with Gasteiger partial charge in [0.25, 0.3) is 0 Å². The highest BCUT2D eigenvalue weighted by Gasteiger charge is 2.07. The van der Waals surface area contributed by atoms with Crippen LogP contribution in [0.1, 0.15) is 5.56 Å². The summed E-state index contributed by atoms with van der Waals surface area (Å²) in [4.78, 5) is 0. The van der Waals surface area contributed by atoms with Gasteiger partial charge in [-0.1, -0.05) is 32.5 Å². The van der Waals surface area contributed by atoms with Gasteiger partial charge in [-0.15, -0.1) is 8.93 Å². The fraction of sp³-hybridized carbons (Fsp3) is 0.0769. The maximum absolute atomic E-state index is 13.8. The number of aryl methyl sites for hydroxylation is 1. The van der Waals surface area contributed by atoms with Crippen molar-refractivity contribution in [1.82, 2.24) is 0 Å². The van der Waals surface area contributed by atoms with Crippen LogP contribution in [0, 0.1) is 18.6 Å². The van der Waals surface area contributed by atoms with Crippen molar-refractivity contribution in [2.24, 2.45) is 0 Å². The smallest absolute Gasteiger partial charge is 0.131 e. The molecule has 2 aromatic rings. The summed E-state index contributed by atoms with van der Waals surface area (Å²) in [5.74, 6) is -0.611. The molecule has 2 atom stereocenters. The van der Waals surface area contributed by atoms with Gasteiger partial charge in [0.1, 0.15) is 11.6 Å². The van der Waals surface area contributed by atoms with E-state index in [2.05, 4.69) is 8.93 Å².